The predicted octanol–water partition coefficient (Wildman–Crippen LogP) is 5.07. The summed E-state index contributed by atoms with van der Waals surface area (Å²) in [6.07, 6.45) is 3.34. The number of hydrogen-bond acceptors (Lipinski definition) is 1. The molecule has 1 unspecified atom stereocenters. The first-order chi connectivity index (χ1) is 12.7. The number of hydrogen-bond donors (Lipinski definition) is 1. The Hall–Kier alpha value is -3.27. The number of nitrogens with zero attached hydrogens (tertiary/aromatic N) is 1. The smallest absolute Gasteiger partial charge is 0.128 e. The fourth-order valence-electron chi connectivity index (χ4n) is 3.50. The van der Waals surface area contributed by atoms with Crippen LogP contribution in [-0.4, -0.2) is 9.97 Å². The zero-order chi connectivity index (χ0) is 18.0. The average Bonchev–Trinajstić information content (AvgIpc) is 3.21. The molecule has 4 rings (SSSR count). The van der Waals surface area contributed by atoms with Gasteiger partial charge in [0.25, 0.3) is 0 Å². The molecule has 0 aliphatic rings. The van der Waals surface area contributed by atoms with E-state index < -0.39 is 5.41 Å². The monoisotopic (exact) mass is 346 g/mol. The normalized spacial score (nSPS) is 13.3. The molecular formula is C22H16F2N2. The van der Waals surface area contributed by atoms with Crippen molar-refractivity contribution < 1.29 is 8.78 Å². The van der Waals surface area contributed by atoms with Crippen LogP contribution in [0.1, 0.15) is 22.5 Å². The number of H-pyrrole nitrogens is 1. The summed E-state index contributed by atoms with van der Waals surface area (Å²) >= 11 is 0. The largest absolute Gasteiger partial charge is 0.347 e. The highest BCUT2D eigenvalue weighted by Crippen LogP contribution is 2.44. The van der Waals surface area contributed by atoms with E-state index in [1.54, 1.807) is 42.7 Å². The lowest BCUT2D eigenvalue weighted by molar-refractivity contribution is 0.569. The van der Waals surface area contributed by atoms with E-state index in [0.29, 0.717) is 11.4 Å². The third-order valence-electron chi connectivity index (χ3n) is 4.62. The van der Waals surface area contributed by atoms with E-state index in [1.165, 1.54) is 18.2 Å². The third-order valence-corrected chi connectivity index (χ3v) is 4.62. The van der Waals surface area contributed by atoms with Crippen molar-refractivity contribution in [1.29, 1.82) is 0 Å². The third kappa shape index (κ3) is 2.51. The van der Waals surface area contributed by atoms with Crippen LogP contribution in [-0.2, 0) is 5.41 Å². The number of aromatic amines is 1. The Morgan fingerprint density at radius 1 is 0.731 bits per heavy atom. The number of rotatable bonds is 4. The van der Waals surface area contributed by atoms with Gasteiger partial charge >= 0.3 is 0 Å². The second-order valence-corrected chi connectivity index (χ2v) is 6.04. The molecule has 4 heteroatoms. The molecule has 3 aromatic carbocycles. The Balaban J connectivity index is 2.14. The summed E-state index contributed by atoms with van der Waals surface area (Å²) in [4.78, 5) is 7.61. The Bertz CT molecular complexity index is 996. The number of halogens is 2. The first-order valence-corrected chi connectivity index (χ1v) is 8.29. The maximum absolute atomic E-state index is 15.0. The van der Waals surface area contributed by atoms with Gasteiger partial charge in [-0.15, -0.1) is 0 Å². The molecule has 0 amide bonds. The summed E-state index contributed by atoms with van der Waals surface area (Å²) < 4.78 is 28.6. The van der Waals surface area contributed by atoms with E-state index in [2.05, 4.69) is 9.97 Å². The molecule has 1 atom stereocenters. The zero-order valence-electron chi connectivity index (χ0n) is 13.9. The quantitative estimate of drug-likeness (QED) is 0.514. The molecule has 1 N–H and O–H groups in total. The Morgan fingerprint density at radius 2 is 1.38 bits per heavy atom. The van der Waals surface area contributed by atoms with Crippen molar-refractivity contribution in [2.75, 3.05) is 0 Å². The van der Waals surface area contributed by atoms with Gasteiger partial charge in [0, 0.05) is 18.0 Å². The van der Waals surface area contributed by atoms with E-state index in [9.17, 15) is 4.39 Å². The molecule has 0 saturated carbocycles. The molecule has 1 heterocycles. The van der Waals surface area contributed by atoms with Crippen molar-refractivity contribution in [3.8, 4) is 0 Å². The molecule has 0 aliphatic heterocycles. The van der Waals surface area contributed by atoms with E-state index in [0.717, 1.165) is 11.1 Å². The summed E-state index contributed by atoms with van der Waals surface area (Å²) in [7, 11) is 0. The minimum atomic E-state index is -1.02. The van der Waals surface area contributed by atoms with Gasteiger partial charge in [0.05, 0.1) is 0 Å². The van der Waals surface area contributed by atoms with Crippen LogP contribution in [0.4, 0.5) is 8.78 Å². The molecule has 26 heavy (non-hydrogen) atoms. The maximum atomic E-state index is 15.0. The number of nitrogens with one attached hydrogen (secondary N) is 1. The van der Waals surface area contributed by atoms with Gasteiger partial charge in [-0.2, -0.15) is 0 Å². The highest BCUT2D eigenvalue weighted by Gasteiger charge is 2.42. The van der Waals surface area contributed by atoms with E-state index >= 15 is 4.39 Å². The van der Waals surface area contributed by atoms with Crippen LogP contribution in [0.2, 0.25) is 0 Å². The number of aromatic nitrogens is 2. The van der Waals surface area contributed by atoms with Gasteiger partial charge in [-0.25, -0.2) is 13.8 Å². The van der Waals surface area contributed by atoms with E-state index in [-0.39, 0.29) is 11.6 Å². The van der Waals surface area contributed by atoms with Crippen LogP contribution >= 0.6 is 0 Å². The molecule has 0 aliphatic carbocycles. The SMILES string of the molecule is Fc1ccc(C(c2ccccc2)(c2ncc[nH]2)c2ccccc2F)cc1. The Morgan fingerprint density at radius 3 is 2.04 bits per heavy atom. The van der Waals surface area contributed by atoms with E-state index in [4.69, 9.17) is 0 Å². The molecule has 4 aromatic rings. The van der Waals surface area contributed by atoms with E-state index in [1.807, 2.05) is 30.3 Å². The zero-order valence-corrected chi connectivity index (χ0v) is 13.9. The van der Waals surface area contributed by atoms with Gasteiger partial charge in [0.1, 0.15) is 22.9 Å². The molecule has 0 radical (unpaired) electrons. The van der Waals surface area contributed by atoms with Crippen LogP contribution in [0.25, 0.3) is 0 Å². The van der Waals surface area contributed by atoms with Gasteiger partial charge in [-0.3, -0.25) is 0 Å². The van der Waals surface area contributed by atoms with Gasteiger partial charge < -0.3 is 4.98 Å². The van der Waals surface area contributed by atoms with Crippen LogP contribution in [0, 0.1) is 11.6 Å². The van der Waals surface area contributed by atoms with Crippen molar-refractivity contribution in [3.63, 3.8) is 0 Å². The van der Waals surface area contributed by atoms with Crippen molar-refractivity contribution in [2.45, 2.75) is 5.41 Å². The second kappa shape index (κ2) is 6.56. The fraction of sp³-hybridized carbons (Fsp3) is 0.0455. The topological polar surface area (TPSA) is 28.7 Å². The lowest BCUT2D eigenvalue weighted by atomic mass is 9.68. The second-order valence-electron chi connectivity index (χ2n) is 6.04. The minimum absolute atomic E-state index is 0.344. The number of benzene rings is 3. The summed E-state index contributed by atoms with van der Waals surface area (Å²) in [5.41, 5.74) is 0.994. The van der Waals surface area contributed by atoms with Gasteiger partial charge in [0.15, 0.2) is 0 Å². The minimum Gasteiger partial charge on any atom is -0.347 e. The average molecular weight is 346 g/mol. The van der Waals surface area contributed by atoms with Crippen LogP contribution in [0.3, 0.4) is 0 Å². The first-order valence-electron chi connectivity index (χ1n) is 8.29. The molecule has 128 valence electrons. The number of imidazole rings is 1. The Kier molecular flexibility index (Phi) is 4.09. The van der Waals surface area contributed by atoms with Crippen molar-refractivity contribution in [1.82, 2.24) is 9.97 Å². The molecular weight excluding hydrogens is 330 g/mol. The summed E-state index contributed by atoms with van der Waals surface area (Å²) in [6, 6.07) is 22.3. The summed E-state index contributed by atoms with van der Waals surface area (Å²) in [5, 5.41) is 0. The predicted molar refractivity (Wildman–Crippen MR) is 96.8 cm³/mol. The van der Waals surface area contributed by atoms with Gasteiger partial charge in [0.2, 0.25) is 0 Å². The first kappa shape index (κ1) is 16.2. The molecule has 0 saturated heterocycles. The summed E-state index contributed by atoms with van der Waals surface area (Å²) in [5.74, 6) is -0.124. The fourth-order valence-corrected chi connectivity index (χ4v) is 3.50. The molecule has 2 nitrogen and oxygen atoms in total. The van der Waals surface area contributed by atoms with Crippen LogP contribution < -0.4 is 0 Å². The highest BCUT2D eigenvalue weighted by atomic mass is 19.1. The van der Waals surface area contributed by atoms with Crippen molar-refractivity contribution in [2.24, 2.45) is 0 Å². The molecule has 0 fully saturated rings. The lowest BCUT2D eigenvalue weighted by Crippen LogP contribution is -2.33. The van der Waals surface area contributed by atoms with Gasteiger partial charge in [-0.05, 0) is 29.3 Å². The van der Waals surface area contributed by atoms with Crippen molar-refractivity contribution in [3.05, 3.63) is 125 Å². The van der Waals surface area contributed by atoms with Crippen molar-refractivity contribution >= 4 is 0 Å². The lowest BCUT2D eigenvalue weighted by Gasteiger charge is -2.34. The maximum Gasteiger partial charge on any atom is 0.128 e. The standard InChI is InChI=1S/C22H16F2N2/c23-18-12-10-17(11-13-18)22(21-25-14-15-26-21,16-6-2-1-3-7-16)19-8-4-5-9-20(19)24/h1-15H,(H,25,26). The summed E-state index contributed by atoms with van der Waals surface area (Å²) in [6.45, 7) is 0. The van der Waals surface area contributed by atoms with Crippen LogP contribution in [0.15, 0.2) is 91.3 Å². The van der Waals surface area contributed by atoms with Gasteiger partial charge in [-0.1, -0.05) is 60.7 Å². The van der Waals surface area contributed by atoms with Crippen LogP contribution in [0.5, 0.6) is 0 Å². The molecule has 0 bridgehead atoms. The molecule has 0 spiro atoms. The highest BCUT2D eigenvalue weighted by molar-refractivity contribution is 5.56. The molecule has 1 aromatic heterocycles. The Labute approximate surface area is 150 Å².